The first kappa shape index (κ1) is 12.6. The number of hydrogen-bond acceptors (Lipinski definition) is 2. The fraction of sp³-hybridized carbons (Fsp3) is 0.600. The standard InChI is InChI=1S/C15H24N2/c1-2-13-7-9-17(10-8-13)12-15-5-3-14(11-16)4-6-15/h3-6,13H,2,7-12,16H2,1H3. The molecule has 0 saturated carbocycles. The second kappa shape index (κ2) is 6.18. The molecule has 0 atom stereocenters. The van der Waals surface area contributed by atoms with Crippen molar-refractivity contribution in [3.63, 3.8) is 0 Å². The Morgan fingerprint density at radius 2 is 1.71 bits per heavy atom. The van der Waals surface area contributed by atoms with Crippen LogP contribution in [0.25, 0.3) is 0 Å². The van der Waals surface area contributed by atoms with E-state index in [2.05, 4.69) is 36.1 Å². The van der Waals surface area contributed by atoms with Crippen LogP contribution in [-0.4, -0.2) is 18.0 Å². The van der Waals surface area contributed by atoms with Crippen LogP contribution in [-0.2, 0) is 13.1 Å². The molecule has 2 rings (SSSR count). The summed E-state index contributed by atoms with van der Waals surface area (Å²) in [7, 11) is 0. The fourth-order valence-electron chi connectivity index (χ4n) is 2.59. The number of rotatable bonds is 4. The lowest BCUT2D eigenvalue weighted by Crippen LogP contribution is -2.32. The van der Waals surface area contributed by atoms with Gasteiger partial charge in [-0.3, -0.25) is 4.90 Å². The molecule has 2 heteroatoms. The Kier molecular flexibility index (Phi) is 4.57. The van der Waals surface area contributed by atoms with E-state index in [9.17, 15) is 0 Å². The molecular weight excluding hydrogens is 208 g/mol. The number of nitrogens with two attached hydrogens (primary N) is 1. The van der Waals surface area contributed by atoms with E-state index in [4.69, 9.17) is 5.73 Å². The van der Waals surface area contributed by atoms with Crippen molar-refractivity contribution >= 4 is 0 Å². The highest BCUT2D eigenvalue weighted by Crippen LogP contribution is 2.21. The molecular formula is C15H24N2. The van der Waals surface area contributed by atoms with Crippen molar-refractivity contribution < 1.29 is 0 Å². The lowest BCUT2D eigenvalue weighted by molar-refractivity contribution is 0.175. The molecule has 1 aliphatic rings. The van der Waals surface area contributed by atoms with Gasteiger partial charge >= 0.3 is 0 Å². The molecule has 94 valence electrons. The average Bonchev–Trinajstić information content (AvgIpc) is 2.40. The molecule has 0 bridgehead atoms. The van der Waals surface area contributed by atoms with Gasteiger partial charge in [-0.1, -0.05) is 37.6 Å². The molecule has 0 radical (unpaired) electrons. The third kappa shape index (κ3) is 3.55. The lowest BCUT2D eigenvalue weighted by Gasteiger charge is -2.31. The number of nitrogens with zero attached hydrogens (tertiary/aromatic N) is 1. The average molecular weight is 232 g/mol. The van der Waals surface area contributed by atoms with Gasteiger partial charge in [-0.25, -0.2) is 0 Å². The molecule has 0 amide bonds. The first-order valence-corrected chi connectivity index (χ1v) is 6.82. The number of benzene rings is 1. The highest BCUT2D eigenvalue weighted by atomic mass is 15.1. The van der Waals surface area contributed by atoms with Crippen LogP contribution in [0.3, 0.4) is 0 Å². The second-order valence-electron chi connectivity index (χ2n) is 5.15. The van der Waals surface area contributed by atoms with Crippen LogP contribution in [0, 0.1) is 5.92 Å². The zero-order valence-corrected chi connectivity index (χ0v) is 10.9. The Morgan fingerprint density at radius 1 is 1.12 bits per heavy atom. The zero-order chi connectivity index (χ0) is 12.1. The molecule has 1 aromatic carbocycles. The van der Waals surface area contributed by atoms with Crippen LogP contribution in [0.4, 0.5) is 0 Å². The number of likely N-dealkylation sites (tertiary alicyclic amines) is 1. The highest BCUT2D eigenvalue weighted by Gasteiger charge is 2.17. The molecule has 0 aliphatic carbocycles. The molecule has 0 spiro atoms. The highest BCUT2D eigenvalue weighted by molar-refractivity contribution is 5.22. The van der Waals surface area contributed by atoms with E-state index >= 15 is 0 Å². The Morgan fingerprint density at radius 3 is 2.24 bits per heavy atom. The summed E-state index contributed by atoms with van der Waals surface area (Å²) >= 11 is 0. The van der Waals surface area contributed by atoms with Gasteiger partial charge < -0.3 is 5.73 Å². The molecule has 1 saturated heterocycles. The summed E-state index contributed by atoms with van der Waals surface area (Å²) in [4.78, 5) is 2.57. The van der Waals surface area contributed by atoms with Crippen LogP contribution in [0.1, 0.15) is 37.3 Å². The Balaban J connectivity index is 1.84. The van der Waals surface area contributed by atoms with Crippen LogP contribution in [0.2, 0.25) is 0 Å². The maximum absolute atomic E-state index is 5.60. The molecule has 0 aromatic heterocycles. The number of hydrogen-bond donors (Lipinski definition) is 1. The molecule has 17 heavy (non-hydrogen) atoms. The van der Waals surface area contributed by atoms with Crippen molar-refractivity contribution in [1.29, 1.82) is 0 Å². The van der Waals surface area contributed by atoms with Crippen LogP contribution < -0.4 is 5.73 Å². The Hall–Kier alpha value is -0.860. The second-order valence-corrected chi connectivity index (χ2v) is 5.15. The van der Waals surface area contributed by atoms with E-state index in [0.717, 1.165) is 12.5 Å². The third-order valence-electron chi connectivity index (χ3n) is 3.95. The van der Waals surface area contributed by atoms with Crippen molar-refractivity contribution in [3.8, 4) is 0 Å². The quantitative estimate of drug-likeness (QED) is 0.865. The SMILES string of the molecule is CCC1CCN(Cc2ccc(CN)cc2)CC1. The van der Waals surface area contributed by atoms with Gasteiger partial charge in [0.05, 0.1) is 0 Å². The topological polar surface area (TPSA) is 29.3 Å². The summed E-state index contributed by atoms with van der Waals surface area (Å²) < 4.78 is 0. The predicted octanol–water partition coefficient (Wildman–Crippen LogP) is 2.77. The molecule has 0 unspecified atom stereocenters. The monoisotopic (exact) mass is 232 g/mol. The van der Waals surface area contributed by atoms with Crippen molar-refractivity contribution in [1.82, 2.24) is 4.90 Å². The van der Waals surface area contributed by atoms with E-state index in [0.29, 0.717) is 6.54 Å². The van der Waals surface area contributed by atoms with E-state index in [1.165, 1.54) is 43.5 Å². The summed E-state index contributed by atoms with van der Waals surface area (Å²) in [5.41, 5.74) is 8.24. The third-order valence-corrected chi connectivity index (χ3v) is 3.95. The largest absolute Gasteiger partial charge is 0.326 e. The molecule has 1 aromatic rings. The summed E-state index contributed by atoms with van der Waals surface area (Å²) in [5, 5.41) is 0. The van der Waals surface area contributed by atoms with Gasteiger partial charge in [0.2, 0.25) is 0 Å². The first-order chi connectivity index (χ1) is 8.31. The van der Waals surface area contributed by atoms with E-state index in [1.807, 2.05) is 0 Å². The number of piperidine rings is 1. The zero-order valence-electron chi connectivity index (χ0n) is 10.9. The first-order valence-electron chi connectivity index (χ1n) is 6.82. The van der Waals surface area contributed by atoms with Crippen molar-refractivity contribution in [2.24, 2.45) is 11.7 Å². The van der Waals surface area contributed by atoms with E-state index in [1.54, 1.807) is 0 Å². The van der Waals surface area contributed by atoms with E-state index < -0.39 is 0 Å². The molecule has 1 heterocycles. The maximum Gasteiger partial charge on any atom is 0.0233 e. The fourth-order valence-corrected chi connectivity index (χ4v) is 2.59. The minimum atomic E-state index is 0.641. The van der Waals surface area contributed by atoms with Crippen molar-refractivity contribution in [3.05, 3.63) is 35.4 Å². The smallest absolute Gasteiger partial charge is 0.0233 e. The molecule has 2 N–H and O–H groups in total. The summed E-state index contributed by atoms with van der Waals surface area (Å²) in [5.74, 6) is 0.964. The van der Waals surface area contributed by atoms with Gasteiger partial charge in [0.15, 0.2) is 0 Å². The van der Waals surface area contributed by atoms with Crippen molar-refractivity contribution in [2.75, 3.05) is 13.1 Å². The summed E-state index contributed by atoms with van der Waals surface area (Å²) in [6.45, 7) is 6.57. The Labute approximate surface area is 105 Å². The molecule has 2 nitrogen and oxygen atoms in total. The lowest BCUT2D eigenvalue weighted by atomic mass is 9.94. The predicted molar refractivity (Wildman–Crippen MR) is 72.6 cm³/mol. The van der Waals surface area contributed by atoms with Gasteiger partial charge in [0.25, 0.3) is 0 Å². The molecule has 1 fully saturated rings. The minimum Gasteiger partial charge on any atom is -0.326 e. The minimum absolute atomic E-state index is 0.641. The van der Waals surface area contributed by atoms with E-state index in [-0.39, 0.29) is 0 Å². The van der Waals surface area contributed by atoms with Crippen LogP contribution >= 0.6 is 0 Å². The maximum atomic E-state index is 5.60. The van der Waals surface area contributed by atoms with Gasteiger partial charge in [-0.15, -0.1) is 0 Å². The van der Waals surface area contributed by atoms with Gasteiger partial charge in [0, 0.05) is 13.1 Å². The normalized spacial score (nSPS) is 18.5. The molecule has 1 aliphatic heterocycles. The summed E-state index contributed by atoms with van der Waals surface area (Å²) in [6.07, 6.45) is 4.09. The van der Waals surface area contributed by atoms with Crippen LogP contribution in [0.5, 0.6) is 0 Å². The van der Waals surface area contributed by atoms with Gasteiger partial charge in [0.1, 0.15) is 0 Å². The van der Waals surface area contributed by atoms with Gasteiger partial charge in [-0.2, -0.15) is 0 Å². The Bertz CT molecular complexity index is 323. The van der Waals surface area contributed by atoms with Gasteiger partial charge in [-0.05, 0) is 43.0 Å². The van der Waals surface area contributed by atoms with Crippen LogP contribution in [0.15, 0.2) is 24.3 Å². The summed E-state index contributed by atoms with van der Waals surface area (Å²) in [6, 6.07) is 8.73. The van der Waals surface area contributed by atoms with Crippen molar-refractivity contribution in [2.45, 2.75) is 39.3 Å².